The molecule has 0 fully saturated rings. The molecule has 2 rings (SSSR count). The van der Waals surface area contributed by atoms with Crippen molar-refractivity contribution in [3.63, 3.8) is 0 Å². The molecule has 0 bridgehead atoms. The normalized spacial score (nSPS) is 10.7. The standard InChI is InChI=1S/C13H16N2OS/c1-2-7-15-11(12-4-3-8-17-12)6-5-10(9-14)13(15)16/h3-6,8H,2,7,9,14H2,1H3. The van der Waals surface area contributed by atoms with Crippen molar-refractivity contribution in [3.05, 3.63) is 45.6 Å². The highest BCUT2D eigenvalue weighted by Gasteiger charge is 2.09. The fraction of sp³-hybridized carbons (Fsp3) is 0.308. The van der Waals surface area contributed by atoms with Gasteiger partial charge in [0, 0.05) is 18.7 Å². The van der Waals surface area contributed by atoms with Crippen LogP contribution in [0.3, 0.4) is 0 Å². The third-order valence-electron chi connectivity index (χ3n) is 2.69. The average molecular weight is 248 g/mol. The molecule has 0 atom stereocenters. The molecule has 0 aliphatic heterocycles. The van der Waals surface area contributed by atoms with Crippen LogP contribution >= 0.6 is 11.3 Å². The zero-order chi connectivity index (χ0) is 12.3. The van der Waals surface area contributed by atoms with E-state index in [4.69, 9.17) is 5.73 Å². The van der Waals surface area contributed by atoms with E-state index in [0.717, 1.165) is 23.5 Å². The third-order valence-corrected chi connectivity index (χ3v) is 3.59. The van der Waals surface area contributed by atoms with Crippen LogP contribution < -0.4 is 11.3 Å². The summed E-state index contributed by atoms with van der Waals surface area (Å²) in [7, 11) is 0. The first kappa shape index (κ1) is 12.1. The Labute approximate surface area is 105 Å². The number of nitrogens with zero attached hydrogens (tertiary/aromatic N) is 1. The van der Waals surface area contributed by atoms with Crippen molar-refractivity contribution in [2.75, 3.05) is 0 Å². The number of rotatable bonds is 4. The minimum atomic E-state index is 0.0419. The van der Waals surface area contributed by atoms with Crippen molar-refractivity contribution in [3.8, 4) is 10.6 Å². The second kappa shape index (κ2) is 5.29. The van der Waals surface area contributed by atoms with Gasteiger partial charge < -0.3 is 10.3 Å². The molecule has 0 aromatic carbocycles. The van der Waals surface area contributed by atoms with E-state index < -0.39 is 0 Å². The Bertz CT molecular complexity index is 543. The second-order valence-corrected chi connectivity index (χ2v) is 4.83. The largest absolute Gasteiger partial charge is 0.326 e. The van der Waals surface area contributed by atoms with E-state index in [1.54, 1.807) is 11.3 Å². The van der Waals surface area contributed by atoms with Gasteiger partial charge in [-0.1, -0.05) is 19.1 Å². The molecule has 0 radical (unpaired) electrons. The summed E-state index contributed by atoms with van der Waals surface area (Å²) in [6.45, 7) is 3.10. The lowest BCUT2D eigenvalue weighted by molar-refractivity contribution is 0.654. The van der Waals surface area contributed by atoms with E-state index in [-0.39, 0.29) is 5.56 Å². The van der Waals surface area contributed by atoms with Gasteiger partial charge in [-0.25, -0.2) is 0 Å². The molecule has 0 aliphatic rings. The summed E-state index contributed by atoms with van der Waals surface area (Å²) >= 11 is 1.65. The number of thiophene rings is 1. The predicted octanol–water partition coefficient (Wildman–Crippen LogP) is 2.45. The maximum absolute atomic E-state index is 12.2. The lowest BCUT2D eigenvalue weighted by Gasteiger charge is -2.12. The highest BCUT2D eigenvalue weighted by atomic mass is 32.1. The zero-order valence-corrected chi connectivity index (χ0v) is 10.7. The van der Waals surface area contributed by atoms with Crippen LogP contribution in [0.1, 0.15) is 18.9 Å². The molecule has 0 aliphatic carbocycles. The Morgan fingerprint density at radius 1 is 1.35 bits per heavy atom. The predicted molar refractivity (Wildman–Crippen MR) is 72.2 cm³/mol. The molecular weight excluding hydrogens is 232 g/mol. The third kappa shape index (κ3) is 2.33. The van der Waals surface area contributed by atoms with E-state index in [9.17, 15) is 4.79 Å². The van der Waals surface area contributed by atoms with Crippen LogP contribution in [0.2, 0.25) is 0 Å². The van der Waals surface area contributed by atoms with Crippen LogP contribution in [0.5, 0.6) is 0 Å². The van der Waals surface area contributed by atoms with Crippen molar-refractivity contribution in [2.45, 2.75) is 26.4 Å². The fourth-order valence-corrected chi connectivity index (χ4v) is 2.62. The molecule has 0 spiro atoms. The molecule has 2 N–H and O–H groups in total. The van der Waals surface area contributed by atoms with E-state index in [0.29, 0.717) is 12.1 Å². The van der Waals surface area contributed by atoms with Crippen LogP contribution in [0, 0.1) is 0 Å². The van der Waals surface area contributed by atoms with Crippen molar-refractivity contribution in [1.82, 2.24) is 4.57 Å². The smallest absolute Gasteiger partial charge is 0.255 e. The summed E-state index contributed by atoms with van der Waals surface area (Å²) in [6.07, 6.45) is 0.937. The lowest BCUT2D eigenvalue weighted by Crippen LogP contribution is -2.26. The first-order chi connectivity index (χ1) is 8.27. The quantitative estimate of drug-likeness (QED) is 0.903. The average Bonchev–Trinajstić information content (AvgIpc) is 2.85. The maximum atomic E-state index is 12.2. The van der Waals surface area contributed by atoms with Crippen LogP contribution in [-0.4, -0.2) is 4.57 Å². The SMILES string of the molecule is CCCn1c(-c2cccs2)ccc(CN)c1=O. The van der Waals surface area contributed by atoms with Gasteiger partial charge in [-0.15, -0.1) is 11.3 Å². The summed E-state index contributed by atoms with van der Waals surface area (Å²) in [6, 6.07) is 7.86. The molecule has 2 heterocycles. The molecule has 0 amide bonds. The van der Waals surface area contributed by atoms with Crippen LogP contribution in [0.15, 0.2) is 34.4 Å². The van der Waals surface area contributed by atoms with Crippen LogP contribution in [0.4, 0.5) is 0 Å². The van der Waals surface area contributed by atoms with Gasteiger partial charge in [0.1, 0.15) is 0 Å². The second-order valence-electron chi connectivity index (χ2n) is 3.88. The number of pyridine rings is 1. The Kier molecular flexibility index (Phi) is 3.76. The zero-order valence-electron chi connectivity index (χ0n) is 9.85. The number of hydrogen-bond acceptors (Lipinski definition) is 3. The van der Waals surface area contributed by atoms with Gasteiger partial charge in [0.05, 0.1) is 10.6 Å². The summed E-state index contributed by atoms with van der Waals surface area (Å²) in [4.78, 5) is 13.3. The molecule has 90 valence electrons. The van der Waals surface area contributed by atoms with Crippen molar-refractivity contribution < 1.29 is 0 Å². The minimum absolute atomic E-state index is 0.0419. The number of hydrogen-bond donors (Lipinski definition) is 1. The minimum Gasteiger partial charge on any atom is -0.326 e. The summed E-state index contributed by atoms with van der Waals surface area (Å²) < 4.78 is 1.83. The van der Waals surface area contributed by atoms with Crippen LogP contribution in [0.25, 0.3) is 10.6 Å². The molecule has 2 aromatic heterocycles. The summed E-state index contributed by atoms with van der Waals surface area (Å²) in [5.74, 6) is 0. The molecular formula is C13H16N2OS. The number of nitrogens with two attached hydrogens (primary N) is 1. The summed E-state index contributed by atoms with van der Waals surface area (Å²) in [5.41, 5.74) is 7.28. The first-order valence-electron chi connectivity index (χ1n) is 5.74. The van der Waals surface area contributed by atoms with Gasteiger partial charge >= 0.3 is 0 Å². The molecule has 3 nitrogen and oxygen atoms in total. The van der Waals surface area contributed by atoms with Gasteiger partial charge in [-0.2, -0.15) is 0 Å². The van der Waals surface area contributed by atoms with Gasteiger partial charge in [-0.05, 0) is 23.9 Å². The van der Waals surface area contributed by atoms with Crippen LogP contribution in [-0.2, 0) is 13.1 Å². The first-order valence-corrected chi connectivity index (χ1v) is 6.62. The molecule has 4 heteroatoms. The van der Waals surface area contributed by atoms with Crippen molar-refractivity contribution in [1.29, 1.82) is 0 Å². The molecule has 17 heavy (non-hydrogen) atoms. The molecule has 0 unspecified atom stereocenters. The highest BCUT2D eigenvalue weighted by molar-refractivity contribution is 7.13. The van der Waals surface area contributed by atoms with E-state index in [1.807, 2.05) is 34.2 Å². The Balaban J connectivity index is 2.60. The monoisotopic (exact) mass is 248 g/mol. The van der Waals surface area contributed by atoms with E-state index >= 15 is 0 Å². The fourth-order valence-electron chi connectivity index (χ4n) is 1.86. The lowest BCUT2D eigenvalue weighted by atomic mass is 10.2. The van der Waals surface area contributed by atoms with Crippen molar-refractivity contribution in [2.24, 2.45) is 5.73 Å². The van der Waals surface area contributed by atoms with E-state index in [2.05, 4.69) is 6.92 Å². The topological polar surface area (TPSA) is 48.0 Å². The molecule has 0 saturated heterocycles. The van der Waals surface area contributed by atoms with Gasteiger partial charge in [-0.3, -0.25) is 4.79 Å². The number of aromatic nitrogens is 1. The summed E-state index contributed by atoms with van der Waals surface area (Å²) in [5, 5.41) is 2.02. The maximum Gasteiger partial charge on any atom is 0.255 e. The molecule has 0 saturated carbocycles. The Hall–Kier alpha value is -1.39. The highest BCUT2D eigenvalue weighted by Crippen LogP contribution is 2.23. The van der Waals surface area contributed by atoms with Gasteiger partial charge in [0.25, 0.3) is 5.56 Å². The molecule has 2 aromatic rings. The van der Waals surface area contributed by atoms with E-state index in [1.165, 1.54) is 0 Å². The van der Waals surface area contributed by atoms with Gasteiger partial charge in [0.2, 0.25) is 0 Å². The van der Waals surface area contributed by atoms with Crippen molar-refractivity contribution >= 4 is 11.3 Å². The van der Waals surface area contributed by atoms with Gasteiger partial charge in [0.15, 0.2) is 0 Å². The Morgan fingerprint density at radius 2 is 2.18 bits per heavy atom. The Morgan fingerprint density at radius 3 is 2.76 bits per heavy atom.